The van der Waals surface area contributed by atoms with Gasteiger partial charge in [-0.15, -0.1) is 0 Å². The maximum Gasteiger partial charge on any atom is 0.169 e. The third-order valence-electron chi connectivity index (χ3n) is 4.56. The summed E-state index contributed by atoms with van der Waals surface area (Å²) in [7, 11) is 0. The third kappa shape index (κ3) is 4.74. The van der Waals surface area contributed by atoms with Crippen LogP contribution >= 0.6 is 23.8 Å². The average molecular weight is 388 g/mol. The zero-order valence-electron chi connectivity index (χ0n) is 14.7. The smallest absolute Gasteiger partial charge is 0.169 e. The van der Waals surface area contributed by atoms with E-state index in [1.54, 1.807) is 6.92 Å². The molecular formula is C20H22ClN3OS. The van der Waals surface area contributed by atoms with Crippen LogP contribution < -0.4 is 10.2 Å². The predicted octanol–water partition coefficient (Wildman–Crippen LogP) is 3.74. The van der Waals surface area contributed by atoms with Crippen LogP contribution in [0.1, 0.15) is 22.8 Å². The Bertz CT molecular complexity index is 769. The van der Waals surface area contributed by atoms with Gasteiger partial charge in [-0.25, -0.2) is 0 Å². The van der Waals surface area contributed by atoms with E-state index >= 15 is 0 Å². The number of carbonyl (C=O) groups is 1. The molecule has 0 atom stereocenters. The normalized spacial score (nSPS) is 14.2. The van der Waals surface area contributed by atoms with Crippen LogP contribution in [0.4, 0.5) is 5.69 Å². The largest absolute Gasteiger partial charge is 0.368 e. The fourth-order valence-corrected chi connectivity index (χ4v) is 3.35. The van der Waals surface area contributed by atoms with Gasteiger partial charge in [0.15, 0.2) is 10.9 Å². The molecule has 0 aliphatic carbocycles. The van der Waals surface area contributed by atoms with Gasteiger partial charge >= 0.3 is 0 Å². The lowest BCUT2D eigenvalue weighted by molar-refractivity contribution is 0.101. The van der Waals surface area contributed by atoms with Crippen LogP contribution in [-0.4, -0.2) is 42.0 Å². The molecule has 0 unspecified atom stereocenters. The van der Waals surface area contributed by atoms with Gasteiger partial charge in [-0.2, -0.15) is 0 Å². The molecule has 1 saturated heterocycles. The maximum atomic E-state index is 11.4. The molecular weight excluding hydrogens is 366 g/mol. The number of Topliss-reactive ketones (excluding diaryl/α,β-unsaturated/α-hetero) is 1. The second-order valence-electron chi connectivity index (χ2n) is 6.36. The summed E-state index contributed by atoms with van der Waals surface area (Å²) in [4.78, 5) is 15.9. The average Bonchev–Trinajstić information content (AvgIpc) is 2.67. The Morgan fingerprint density at radius 2 is 1.65 bits per heavy atom. The minimum atomic E-state index is 0.0958. The topological polar surface area (TPSA) is 35.6 Å². The number of nitrogens with one attached hydrogen (secondary N) is 1. The van der Waals surface area contributed by atoms with Crippen molar-refractivity contribution >= 4 is 40.4 Å². The Morgan fingerprint density at radius 3 is 2.23 bits per heavy atom. The summed E-state index contributed by atoms with van der Waals surface area (Å²) >= 11 is 11.4. The zero-order valence-corrected chi connectivity index (χ0v) is 16.3. The van der Waals surface area contributed by atoms with Gasteiger partial charge in [0.1, 0.15) is 0 Å². The van der Waals surface area contributed by atoms with Gasteiger partial charge in [-0.1, -0.05) is 23.7 Å². The molecule has 1 aliphatic rings. The zero-order chi connectivity index (χ0) is 18.5. The van der Waals surface area contributed by atoms with Crippen LogP contribution in [0.25, 0.3) is 0 Å². The first kappa shape index (κ1) is 18.7. The lowest BCUT2D eigenvalue weighted by Crippen LogP contribution is -2.51. The molecule has 6 heteroatoms. The van der Waals surface area contributed by atoms with Gasteiger partial charge in [0, 0.05) is 49.0 Å². The van der Waals surface area contributed by atoms with Crippen molar-refractivity contribution in [2.45, 2.75) is 13.5 Å². The molecule has 0 spiro atoms. The Hall–Kier alpha value is -2.11. The number of nitrogens with zero attached hydrogens (tertiary/aromatic N) is 2. The van der Waals surface area contributed by atoms with E-state index in [1.807, 2.05) is 48.5 Å². The van der Waals surface area contributed by atoms with E-state index in [-0.39, 0.29) is 5.78 Å². The van der Waals surface area contributed by atoms with Crippen LogP contribution in [0.15, 0.2) is 48.5 Å². The van der Waals surface area contributed by atoms with Gasteiger partial charge in [0.05, 0.1) is 0 Å². The molecule has 4 nitrogen and oxygen atoms in total. The molecule has 0 saturated carbocycles. The molecule has 0 aromatic heterocycles. The number of anilines is 1. The van der Waals surface area contributed by atoms with Gasteiger partial charge in [0.25, 0.3) is 0 Å². The van der Waals surface area contributed by atoms with E-state index in [9.17, 15) is 4.79 Å². The minimum Gasteiger partial charge on any atom is -0.368 e. The van der Waals surface area contributed by atoms with Crippen molar-refractivity contribution in [1.29, 1.82) is 0 Å². The number of carbonyl (C=O) groups excluding carboxylic acids is 1. The third-order valence-corrected chi connectivity index (χ3v) is 5.22. The van der Waals surface area contributed by atoms with Crippen molar-refractivity contribution in [1.82, 2.24) is 10.2 Å². The first-order valence-corrected chi connectivity index (χ1v) is 9.45. The van der Waals surface area contributed by atoms with E-state index in [2.05, 4.69) is 15.1 Å². The Morgan fingerprint density at radius 1 is 1.04 bits per heavy atom. The fraction of sp³-hybridized carbons (Fsp3) is 0.300. The highest BCUT2D eigenvalue weighted by Gasteiger charge is 2.19. The Labute approximate surface area is 164 Å². The summed E-state index contributed by atoms with van der Waals surface area (Å²) in [6.45, 7) is 5.85. The van der Waals surface area contributed by atoms with Crippen molar-refractivity contribution in [3.8, 4) is 0 Å². The molecule has 3 rings (SSSR count). The van der Waals surface area contributed by atoms with Gasteiger partial charge in [0.2, 0.25) is 0 Å². The quantitative estimate of drug-likeness (QED) is 0.638. The molecule has 0 bridgehead atoms. The van der Waals surface area contributed by atoms with E-state index < -0.39 is 0 Å². The number of piperazine rings is 1. The van der Waals surface area contributed by atoms with Crippen molar-refractivity contribution in [2.24, 2.45) is 0 Å². The summed E-state index contributed by atoms with van der Waals surface area (Å²) in [5, 5.41) is 4.84. The summed E-state index contributed by atoms with van der Waals surface area (Å²) in [5.74, 6) is 0.0958. The van der Waals surface area contributed by atoms with Gasteiger partial charge in [-0.05, 0) is 61.1 Å². The lowest BCUT2D eigenvalue weighted by atomic mass is 10.1. The van der Waals surface area contributed by atoms with Crippen molar-refractivity contribution in [3.05, 3.63) is 64.7 Å². The predicted molar refractivity (Wildman–Crippen MR) is 111 cm³/mol. The Kier molecular flexibility index (Phi) is 6.12. The van der Waals surface area contributed by atoms with Crippen LogP contribution in [0.5, 0.6) is 0 Å². The first-order chi connectivity index (χ1) is 12.5. The summed E-state index contributed by atoms with van der Waals surface area (Å²) < 4.78 is 0. The van der Waals surface area contributed by atoms with Crippen molar-refractivity contribution in [3.63, 3.8) is 0 Å². The molecule has 0 amide bonds. The van der Waals surface area contributed by atoms with E-state index in [4.69, 9.17) is 23.8 Å². The number of hydrogen-bond acceptors (Lipinski definition) is 3. The molecule has 2 aromatic carbocycles. The first-order valence-electron chi connectivity index (χ1n) is 8.66. The van der Waals surface area contributed by atoms with E-state index in [0.717, 1.165) is 53.1 Å². The number of thiocarbonyl (C=S) groups is 1. The molecule has 136 valence electrons. The van der Waals surface area contributed by atoms with Crippen molar-refractivity contribution in [2.75, 3.05) is 31.1 Å². The molecule has 26 heavy (non-hydrogen) atoms. The molecule has 1 aliphatic heterocycles. The van der Waals surface area contributed by atoms with Gasteiger partial charge in [-0.3, -0.25) is 4.79 Å². The summed E-state index contributed by atoms with van der Waals surface area (Å²) in [6, 6.07) is 15.6. The molecule has 1 fully saturated rings. The van der Waals surface area contributed by atoms with Gasteiger partial charge < -0.3 is 15.1 Å². The highest BCUT2D eigenvalue weighted by Crippen LogP contribution is 2.18. The summed E-state index contributed by atoms with van der Waals surface area (Å²) in [6.07, 6.45) is 0. The second kappa shape index (κ2) is 8.52. The monoisotopic (exact) mass is 387 g/mol. The van der Waals surface area contributed by atoms with E-state index in [0.29, 0.717) is 6.54 Å². The lowest BCUT2D eigenvalue weighted by Gasteiger charge is -2.37. The fourth-order valence-electron chi connectivity index (χ4n) is 2.97. The molecule has 1 heterocycles. The van der Waals surface area contributed by atoms with Crippen LogP contribution in [-0.2, 0) is 6.54 Å². The number of hydrogen-bond donors (Lipinski definition) is 1. The van der Waals surface area contributed by atoms with Crippen LogP contribution in [0, 0.1) is 0 Å². The van der Waals surface area contributed by atoms with Crippen molar-refractivity contribution < 1.29 is 4.79 Å². The standard InChI is InChI=1S/C20H22ClN3OS/c1-15(25)17-4-8-19(9-5-17)23-10-12-24(13-11-23)20(26)22-14-16-2-6-18(21)7-3-16/h2-9H,10-14H2,1H3,(H,22,26). The highest BCUT2D eigenvalue weighted by atomic mass is 35.5. The minimum absolute atomic E-state index is 0.0958. The maximum absolute atomic E-state index is 11.4. The van der Waals surface area contributed by atoms with Crippen LogP contribution in [0.2, 0.25) is 5.02 Å². The molecule has 2 aromatic rings. The second-order valence-corrected chi connectivity index (χ2v) is 7.19. The number of ketones is 1. The van der Waals surface area contributed by atoms with Crippen LogP contribution in [0.3, 0.4) is 0 Å². The Balaban J connectivity index is 1.48. The summed E-state index contributed by atoms with van der Waals surface area (Å²) in [5.41, 5.74) is 3.05. The number of benzene rings is 2. The molecule has 1 N–H and O–H groups in total. The SMILES string of the molecule is CC(=O)c1ccc(N2CCN(C(=S)NCc3ccc(Cl)cc3)CC2)cc1. The number of halogens is 1. The van der Waals surface area contributed by atoms with E-state index in [1.165, 1.54) is 0 Å². The number of rotatable bonds is 4. The molecule has 0 radical (unpaired) electrons. The highest BCUT2D eigenvalue weighted by molar-refractivity contribution is 7.80.